The first-order chi connectivity index (χ1) is 17.7. The summed E-state index contributed by atoms with van der Waals surface area (Å²) in [6, 6.07) is 35.1. The first kappa shape index (κ1) is 23.1. The summed E-state index contributed by atoms with van der Waals surface area (Å²) >= 11 is 0. The van der Waals surface area contributed by atoms with Crippen LogP contribution in [0.1, 0.15) is 39.2 Å². The van der Waals surface area contributed by atoms with E-state index in [4.69, 9.17) is 9.47 Å². The van der Waals surface area contributed by atoms with E-state index >= 15 is 0 Å². The topological polar surface area (TPSA) is 55.8 Å². The summed E-state index contributed by atoms with van der Waals surface area (Å²) in [5.74, 6) is 0.259. The van der Waals surface area contributed by atoms with Gasteiger partial charge in [0, 0.05) is 5.56 Å². The fourth-order valence-electron chi connectivity index (χ4n) is 4.46. The van der Waals surface area contributed by atoms with E-state index in [1.54, 1.807) is 37.5 Å². The lowest BCUT2D eigenvalue weighted by molar-refractivity contribution is 0.0990. The van der Waals surface area contributed by atoms with Crippen LogP contribution in [0.5, 0.6) is 5.75 Å². The van der Waals surface area contributed by atoms with Crippen LogP contribution in [0, 0.1) is 0 Å². The van der Waals surface area contributed by atoms with Gasteiger partial charge in [-0.25, -0.2) is 4.79 Å². The van der Waals surface area contributed by atoms with Gasteiger partial charge >= 0.3 is 6.09 Å². The van der Waals surface area contributed by atoms with Gasteiger partial charge in [-0.3, -0.25) is 9.69 Å². The predicted molar refractivity (Wildman–Crippen MR) is 138 cm³/mol. The second-order valence-electron chi connectivity index (χ2n) is 8.44. The van der Waals surface area contributed by atoms with E-state index in [0.717, 1.165) is 16.7 Å². The van der Waals surface area contributed by atoms with Gasteiger partial charge in [-0.15, -0.1) is 0 Å². The van der Waals surface area contributed by atoms with Crippen LogP contribution in [0.4, 0.5) is 4.79 Å². The van der Waals surface area contributed by atoms with Crippen molar-refractivity contribution in [3.05, 3.63) is 143 Å². The number of rotatable bonds is 7. The molecule has 0 aromatic heterocycles. The molecule has 1 fully saturated rings. The minimum atomic E-state index is -0.585. The molecule has 1 heterocycles. The number of methoxy groups -OCH3 is 1. The number of allylic oxidation sites excluding steroid dienone is 1. The number of carbonyl (C=O) groups excluding carboxylic acids is 2. The van der Waals surface area contributed by atoms with E-state index < -0.39 is 18.2 Å². The summed E-state index contributed by atoms with van der Waals surface area (Å²) in [5, 5.41) is 0. The maximum atomic E-state index is 14.0. The van der Waals surface area contributed by atoms with E-state index in [-0.39, 0.29) is 11.5 Å². The minimum Gasteiger partial charge on any atom is -0.497 e. The summed E-state index contributed by atoms with van der Waals surface area (Å²) < 4.78 is 11.3. The zero-order chi connectivity index (χ0) is 24.9. The van der Waals surface area contributed by atoms with Gasteiger partial charge in [-0.2, -0.15) is 0 Å². The van der Waals surface area contributed by atoms with E-state index in [1.165, 1.54) is 4.90 Å². The Kier molecular flexibility index (Phi) is 6.63. The van der Waals surface area contributed by atoms with Gasteiger partial charge in [0.15, 0.2) is 6.10 Å². The maximum absolute atomic E-state index is 14.0. The Hall–Kier alpha value is -4.64. The Morgan fingerprint density at radius 3 is 2.06 bits per heavy atom. The molecule has 0 saturated carbocycles. The van der Waals surface area contributed by atoms with Gasteiger partial charge in [0.05, 0.1) is 12.8 Å². The zero-order valence-corrected chi connectivity index (χ0v) is 19.8. The molecule has 1 aliphatic heterocycles. The van der Waals surface area contributed by atoms with E-state index in [9.17, 15) is 9.59 Å². The Morgan fingerprint density at radius 1 is 0.806 bits per heavy atom. The third-order valence-corrected chi connectivity index (χ3v) is 6.19. The number of cyclic esters (lactones) is 1. The Bertz CT molecular complexity index is 1380. The van der Waals surface area contributed by atoms with E-state index in [1.807, 2.05) is 91.0 Å². The Morgan fingerprint density at radius 2 is 1.42 bits per heavy atom. The number of benzene rings is 4. The van der Waals surface area contributed by atoms with Crippen LogP contribution >= 0.6 is 0 Å². The standard InChI is InChI=1S/C31H25NO4/c1-35-26-19-11-18-25(21-26)29(33)27(20-22-12-5-2-6-13-22)32-28(23-14-7-3-8-15-23)30(36-31(32)34)24-16-9-4-10-17-24/h2-21,28,30H,1H3/b27-20+/t28-,30+/m0/s1. The molecule has 2 atom stereocenters. The third kappa shape index (κ3) is 4.64. The van der Waals surface area contributed by atoms with Crippen LogP contribution in [-0.2, 0) is 4.74 Å². The van der Waals surface area contributed by atoms with Crippen LogP contribution in [0.25, 0.3) is 6.08 Å². The molecular formula is C31H25NO4. The van der Waals surface area contributed by atoms with Crippen molar-refractivity contribution in [3.63, 3.8) is 0 Å². The molecule has 36 heavy (non-hydrogen) atoms. The molecule has 5 heteroatoms. The third-order valence-electron chi connectivity index (χ3n) is 6.19. The number of hydrogen-bond acceptors (Lipinski definition) is 4. The fraction of sp³-hybridized carbons (Fsp3) is 0.0968. The molecule has 5 nitrogen and oxygen atoms in total. The molecule has 178 valence electrons. The maximum Gasteiger partial charge on any atom is 0.415 e. The summed E-state index contributed by atoms with van der Waals surface area (Å²) in [6.07, 6.45) is 0.585. The van der Waals surface area contributed by atoms with Crippen LogP contribution in [-0.4, -0.2) is 23.9 Å². The quantitative estimate of drug-likeness (QED) is 0.217. The lowest BCUT2D eigenvalue weighted by Gasteiger charge is -2.27. The minimum absolute atomic E-state index is 0.228. The highest BCUT2D eigenvalue weighted by Gasteiger charge is 2.46. The highest BCUT2D eigenvalue weighted by atomic mass is 16.6. The van der Waals surface area contributed by atoms with Crippen molar-refractivity contribution in [1.82, 2.24) is 4.90 Å². The first-order valence-electron chi connectivity index (χ1n) is 11.7. The number of hydrogen-bond donors (Lipinski definition) is 0. The molecule has 4 aromatic carbocycles. The molecule has 0 radical (unpaired) electrons. The van der Waals surface area contributed by atoms with Crippen LogP contribution < -0.4 is 4.74 Å². The average Bonchev–Trinajstić information content (AvgIpc) is 3.29. The molecule has 5 rings (SSSR count). The second-order valence-corrected chi connectivity index (χ2v) is 8.44. The monoisotopic (exact) mass is 475 g/mol. The summed E-state index contributed by atoms with van der Waals surface area (Å²) in [4.78, 5) is 29.0. The number of ketones is 1. The summed E-state index contributed by atoms with van der Waals surface area (Å²) in [6.45, 7) is 0. The SMILES string of the molecule is COc1cccc(C(=O)/C(=C\c2ccccc2)N2C(=O)O[C@H](c3ccccc3)[C@@H]2c2ccccc2)c1. The average molecular weight is 476 g/mol. The number of ether oxygens (including phenoxy) is 2. The van der Waals surface area contributed by atoms with E-state index in [2.05, 4.69) is 0 Å². The molecule has 0 bridgehead atoms. The molecule has 1 aliphatic rings. The van der Waals surface area contributed by atoms with Crippen LogP contribution in [0.3, 0.4) is 0 Å². The van der Waals surface area contributed by atoms with Crippen molar-refractivity contribution in [2.75, 3.05) is 7.11 Å². The van der Waals surface area contributed by atoms with Gasteiger partial charge in [0.2, 0.25) is 5.78 Å². The number of Topliss-reactive ketones (excluding diaryl/α,β-unsaturated/α-hetero) is 1. The lowest BCUT2D eigenvalue weighted by Crippen LogP contribution is -2.31. The van der Waals surface area contributed by atoms with E-state index in [0.29, 0.717) is 11.3 Å². The van der Waals surface area contributed by atoms with Crippen molar-refractivity contribution in [2.45, 2.75) is 12.1 Å². The number of nitrogens with zero attached hydrogens (tertiary/aromatic N) is 1. The molecule has 0 unspecified atom stereocenters. The van der Waals surface area contributed by atoms with Crippen LogP contribution in [0.15, 0.2) is 121 Å². The highest BCUT2D eigenvalue weighted by molar-refractivity contribution is 6.13. The molecule has 0 N–H and O–H groups in total. The normalized spacial score (nSPS) is 17.5. The molecule has 1 amide bonds. The number of carbonyl (C=O) groups is 2. The molecule has 0 spiro atoms. The second kappa shape index (κ2) is 10.3. The Labute approximate surface area is 210 Å². The summed E-state index contributed by atoms with van der Waals surface area (Å²) in [7, 11) is 1.55. The van der Waals surface area contributed by atoms with Crippen molar-refractivity contribution in [2.24, 2.45) is 0 Å². The van der Waals surface area contributed by atoms with Gasteiger partial charge in [-0.1, -0.05) is 103 Å². The highest BCUT2D eigenvalue weighted by Crippen LogP contribution is 2.45. The van der Waals surface area contributed by atoms with Gasteiger partial charge in [0.1, 0.15) is 11.8 Å². The Balaban J connectivity index is 1.67. The fourth-order valence-corrected chi connectivity index (χ4v) is 4.46. The van der Waals surface area contributed by atoms with Crippen molar-refractivity contribution < 1.29 is 19.1 Å². The summed E-state index contributed by atoms with van der Waals surface area (Å²) in [5.41, 5.74) is 3.17. The molecule has 0 aliphatic carbocycles. The molecule has 1 saturated heterocycles. The molecule has 4 aromatic rings. The molecular weight excluding hydrogens is 450 g/mol. The first-order valence-corrected chi connectivity index (χ1v) is 11.7. The van der Waals surface area contributed by atoms with Crippen molar-refractivity contribution in [1.29, 1.82) is 0 Å². The smallest absolute Gasteiger partial charge is 0.415 e. The van der Waals surface area contributed by atoms with Crippen molar-refractivity contribution >= 4 is 18.0 Å². The van der Waals surface area contributed by atoms with Crippen molar-refractivity contribution in [3.8, 4) is 5.75 Å². The largest absolute Gasteiger partial charge is 0.497 e. The number of amides is 1. The van der Waals surface area contributed by atoms with Gasteiger partial charge in [-0.05, 0) is 34.9 Å². The van der Waals surface area contributed by atoms with Gasteiger partial charge in [0.25, 0.3) is 0 Å². The predicted octanol–water partition coefficient (Wildman–Crippen LogP) is 6.85. The zero-order valence-electron chi connectivity index (χ0n) is 19.8. The van der Waals surface area contributed by atoms with Crippen LogP contribution in [0.2, 0.25) is 0 Å². The van der Waals surface area contributed by atoms with Gasteiger partial charge < -0.3 is 9.47 Å². The lowest BCUT2D eigenvalue weighted by atomic mass is 9.94.